The average molecular weight is 330 g/mol. The summed E-state index contributed by atoms with van der Waals surface area (Å²) < 4.78 is 10.0. The number of esters is 2. The van der Waals surface area contributed by atoms with E-state index in [0.717, 1.165) is 64.2 Å². The van der Waals surface area contributed by atoms with Gasteiger partial charge in [-0.2, -0.15) is 0 Å². The second-order valence-corrected chi connectivity index (χ2v) is 5.78. The number of rotatable bonds is 16. The second kappa shape index (κ2) is 17.3. The van der Waals surface area contributed by atoms with E-state index in [-0.39, 0.29) is 18.5 Å². The summed E-state index contributed by atoms with van der Waals surface area (Å²) in [6, 6.07) is 0. The van der Waals surface area contributed by atoms with Gasteiger partial charge in [-0.3, -0.25) is 9.59 Å². The van der Waals surface area contributed by atoms with Gasteiger partial charge in [0, 0.05) is 19.4 Å². The highest BCUT2D eigenvalue weighted by atomic mass is 16.5. The lowest BCUT2D eigenvalue weighted by Gasteiger charge is -2.05. The molecule has 136 valence electrons. The summed E-state index contributed by atoms with van der Waals surface area (Å²) in [4.78, 5) is 22.6. The number of unbranched alkanes of at least 4 members (excludes halogenated alkanes) is 8. The first-order chi connectivity index (χ1) is 11.2. The quantitative estimate of drug-likeness (QED) is 0.344. The van der Waals surface area contributed by atoms with Crippen LogP contribution >= 0.6 is 0 Å². The van der Waals surface area contributed by atoms with E-state index in [2.05, 4.69) is 0 Å². The molecule has 0 spiro atoms. The number of carbonyl (C=O) groups is 2. The Morgan fingerprint density at radius 2 is 1.17 bits per heavy atom. The fraction of sp³-hybridized carbons (Fsp3) is 0.889. The molecule has 0 aromatic heterocycles. The van der Waals surface area contributed by atoms with Gasteiger partial charge in [-0.05, 0) is 32.6 Å². The summed E-state index contributed by atoms with van der Waals surface area (Å²) in [6.45, 7) is 3.04. The van der Waals surface area contributed by atoms with Crippen molar-refractivity contribution in [1.82, 2.24) is 0 Å². The minimum Gasteiger partial charge on any atom is -0.466 e. The highest BCUT2D eigenvalue weighted by Crippen LogP contribution is 2.08. The van der Waals surface area contributed by atoms with Gasteiger partial charge in [0.25, 0.3) is 0 Å². The summed E-state index contributed by atoms with van der Waals surface area (Å²) in [5, 5.41) is 8.65. The van der Waals surface area contributed by atoms with Crippen LogP contribution in [-0.4, -0.2) is 36.9 Å². The van der Waals surface area contributed by atoms with Crippen molar-refractivity contribution in [2.24, 2.45) is 0 Å². The lowest BCUT2D eigenvalue weighted by Crippen LogP contribution is -2.06. The van der Waals surface area contributed by atoms with Crippen molar-refractivity contribution in [2.45, 2.75) is 84.0 Å². The molecule has 5 nitrogen and oxygen atoms in total. The summed E-state index contributed by atoms with van der Waals surface area (Å²) >= 11 is 0. The summed E-state index contributed by atoms with van der Waals surface area (Å²) in [7, 11) is 0. The Hall–Kier alpha value is -1.10. The fourth-order valence-corrected chi connectivity index (χ4v) is 2.30. The van der Waals surface area contributed by atoms with Gasteiger partial charge in [0.1, 0.15) is 0 Å². The van der Waals surface area contributed by atoms with E-state index >= 15 is 0 Å². The van der Waals surface area contributed by atoms with E-state index in [4.69, 9.17) is 14.6 Å². The van der Waals surface area contributed by atoms with Gasteiger partial charge in [-0.25, -0.2) is 0 Å². The maximum atomic E-state index is 11.5. The Bertz CT molecular complexity index is 291. The molecular formula is C18H34O5. The maximum Gasteiger partial charge on any atom is 0.305 e. The molecule has 0 aromatic carbocycles. The molecule has 0 radical (unpaired) electrons. The number of aliphatic hydroxyl groups excluding tert-OH is 1. The standard InChI is InChI=1S/C18H34O5/c1-2-22-17(20)13-9-5-6-10-14-18(21)23-16-12-8-4-3-7-11-15-19/h19H,2-16H2,1H3. The summed E-state index contributed by atoms with van der Waals surface area (Å²) in [5.41, 5.74) is 0. The van der Waals surface area contributed by atoms with Crippen LogP contribution < -0.4 is 0 Å². The lowest BCUT2D eigenvalue weighted by atomic mass is 10.1. The summed E-state index contributed by atoms with van der Waals surface area (Å²) in [6.07, 6.45) is 10.7. The first-order valence-corrected chi connectivity index (χ1v) is 9.12. The fourth-order valence-electron chi connectivity index (χ4n) is 2.30. The Kier molecular flexibility index (Phi) is 16.4. The summed E-state index contributed by atoms with van der Waals surface area (Å²) in [5.74, 6) is -0.251. The minimum atomic E-state index is -0.136. The highest BCUT2D eigenvalue weighted by Gasteiger charge is 2.04. The van der Waals surface area contributed by atoms with Crippen LogP contribution in [0.4, 0.5) is 0 Å². The molecule has 0 atom stereocenters. The van der Waals surface area contributed by atoms with Crippen LogP contribution in [-0.2, 0) is 19.1 Å². The van der Waals surface area contributed by atoms with Gasteiger partial charge >= 0.3 is 11.9 Å². The van der Waals surface area contributed by atoms with E-state index in [1.807, 2.05) is 0 Å². The number of aliphatic hydroxyl groups is 1. The Morgan fingerprint density at radius 3 is 1.74 bits per heavy atom. The Balaban J connectivity index is 3.23. The molecule has 0 saturated heterocycles. The lowest BCUT2D eigenvalue weighted by molar-refractivity contribution is -0.144. The zero-order chi connectivity index (χ0) is 17.2. The van der Waals surface area contributed by atoms with Gasteiger partial charge in [0.15, 0.2) is 0 Å². The molecule has 0 unspecified atom stereocenters. The van der Waals surface area contributed by atoms with Crippen LogP contribution in [0.3, 0.4) is 0 Å². The Labute approximate surface area is 140 Å². The zero-order valence-electron chi connectivity index (χ0n) is 14.7. The number of hydrogen-bond donors (Lipinski definition) is 1. The van der Waals surface area contributed by atoms with Crippen molar-refractivity contribution in [3.8, 4) is 0 Å². The Morgan fingerprint density at radius 1 is 0.696 bits per heavy atom. The maximum absolute atomic E-state index is 11.5. The van der Waals surface area contributed by atoms with Gasteiger partial charge in [-0.15, -0.1) is 0 Å². The normalized spacial score (nSPS) is 10.5. The number of ether oxygens (including phenoxy) is 2. The topological polar surface area (TPSA) is 72.8 Å². The zero-order valence-corrected chi connectivity index (χ0v) is 14.7. The molecule has 0 aliphatic carbocycles. The van der Waals surface area contributed by atoms with Crippen LogP contribution in [0.5, 0.6) is 0 Å². The van der Waals surface area contributed by atoms with Crippen molar-refractivity contribution in [1.29, 1.82) is 0 Å². The predicted molar refractivity (Wildman–Crippen MR) is 90.1 cm³/mol. The highest BCUT2D eigenvalue weighted by molar-refractivity contribution is 5.69. The van der Waals surface area contributed by atoms with Crippen LogP contribution in [0, 0.1) is 0 Å². The van der Waals surface area contributed by atoms with Gasteiger partial charge in [-0.1, -0.05) is 38.5 Å². The third kappa shape index (κ3) is 17.1. The molecule has 0 amide bonds. The largest absolute Gasteiger partial charge is 0.466 e. The first-order valence-electron chi connectivity index (χ1n) is 9.12. The van der Waals surface area contributed by atoms with E-state index in [1.165, 1.54) is 0 Å². The van der Waals surface area contributed by atoms with Gasteiger partial charge < -0.3 is 14.6 Å². The first kappa shape index (κ1) is 21.9. The molecule has 1 N–H and O–H groups in total. The third-order valence-electron chi connectivity index (χ3n) is 3.63. The minimum absolute atomic E-state index is 0.115. The van der Waals surface area contributed by atoms with Gasteiger partial charge in [0.05, 0.1) is 13.2 Å². The predicted octanol–water partition coefficient (Wildman–Crippen LogP) is 3.77. The number of carbonyl (C=O) groups excluding carboxylic acids is 2. The molecule has 0 aliphatic rings. The van der Waals surface area contributed by atoms with E-state index in [1.54, 1.807) is 6.92 Å². The molecule has 0 saturated carbocycles. The van der Waals surface area contributed by atoms with E-state index < -0.39 is 0 Å². The van der Waals surface area contributed by atoms with Crippen molar-refractivity contribution < 1.29 is 24.2 Å². The smallest absolute Gasteiger partial charge is 0.305 e. The van der Waals surface area contributed by atoms with Crippen LogP contribution in [0.2, 0.25) is 0 Å². The second-order valence-electron chi connectivity index (χ2n) is 5.78. The van der Waals surface area contributed by atoms with Crippen molar-refractivity contribution >= 4 is 11.9 Å². The van der Waals surface area contributed by atoms with E-state index in [9.17, 15) is 9.59 Å². The number of hydrogen-bond acceptors (Lipinski definition) is 5. The molecule has 23 heavy (non-hydrogen) atoms. The van der Waals surface area contributed by atoms with Crippen LogP contribution in [0.1, 0.15) is 84.0 Å². The molecule has 0 aromatic rings. The van der Waals surface area contributed by atoms with Crippen molar-refractivity contribution in [3.63, 3.8) is 0 Å². The average Bonchev–Trinajstić information content (AvgIpc) is 2.53. The molecule has 0 rings (SSSR count). The van der Waals surface area contributed by atoms with E-state index in [0.29, 0.717) is 26.1 Å². The SMILES string of the molecule is CCOC(=O)CCCCCCC(=O)OCCCCCCCCO. The molecular weight excluding hydrogens is 296 g/mol. The molecule has 0 heterocycles. The molecule has 5 heteroatoms. The van der Waals surface area contributed by atoms with Crippen molar-refractivity contribution in [2.75, 3.05) is 19.8 Å². The van der Waals surface area contributed by atoms with Crippen LogP contribution in [0.15, 0.2) is 0 Å². The molecule has 0 aliphatic heterocycles. The van der Waals surface area contributed by atoms with Crippen molar-refractivity contribution in [3.05, 3.63) is 0 Å². The third-order valence-corrected chi connectivity index (χ3v) is 3.63. The monoisotopic (exact) mass is 330 g/mol. The van der Waals surface area contributed by atoms with Gasteiger partial charge in [0.2, 0.25) is 0 Å². The molecule has 0 bridgehead atoms. The van der Waals surface area contributed by atoms with Crippen LogP contribution in [0.25, 0.3) is 0 Å². The molecule has 0 fully saturated rings.